The predicted molar refractivity (Wildman–Crippen MR) is 43.7 cm³/mol. The van der Waals surface area contributed by atoms with E-state index >= 15 is 0 Å². The molecule has 0 aromatic heterocycles. The average molecular weight is 173 g/mol. The van der Waals surface area contributed by atoms with Gasteiger partial charge in [-0.25, -0.2) is 0 Å². The molecule has 70 valence electrons. The molecule has 1 saturated carbocycles. The summed E-state index contributed by atoms with van der Waals surface area (Å²) >= 11 is 0. The van der Waals surface area contributed by atoms with Crippen LogP contribution in [-0.2, 0) is 9.53 Å². The van der Waals surface area contributed by atoms with Gasteiger partial charge in [0.15, 0.2) is 0 Å². The highest BCUT2D eigenvalue weighted by molar-refractivity contribution is 5.67. The number of carbonyl (C=O) groups is 1. The standard InChI is InChI=1S/C8H15NO3/c1-12-6-2-5(3-6)7(9)4-8(10)11/h5-7H,2-4,9H2,1H3,(H,10,11)/t5?,6?,7-/m1/s1. The summed E-state index contributed by atoms with van der Waals surface area (Å²) in [6, 6.07) is -0.200. The lowest BCUT2D eigenvalue weighted by Crippen LogP contribution is -2.43. The van der Waals surface area contributed by atoms with Crippen LogP contribution in [0.3, 0.4) is 0 Å². The monoisotopic (exact) mass is 173 g/mol. The minimum atomic E-state index is -0.816. The lowest BCUT2D eigenvalue weighted by atomic mass is 9.76. The van der Waals surface area contributed by atoms with Gasteiger partial charge in [-0.3, -0.25) is 4.79 Å². The van der Waals surface area contributed by atoms with E-state index in [9.17, 15) is 4.79 Å². The van der Waals surface area contributed by atoms with Gasteiger partial charge in [0.1, 0.15) is 0 Å². The SMILES string of the molecule is COC1CC([C@H](N)CC(=O)O)C1. The summed E-state index contributed by atoms with van der Waals surface area (Å²) in [5.74, 6) is -0.477. The summed E-state index contributed by atoms with van der Waals surface area (Å²) in [5, 5.41) is 8.46. The van der Waals surface area contributed by atoms with E-state index in [0.717, 1.165) is 12.8 Å². The van der Waals surface area contributed by atoms with Crippen molar-refractivity contribution in [1.29, 1.82) is 0 Å². The lowest BCUT2D eigenvalue weighted by Gasteiger charge is -2.37. The Morgan fingerprint density at radius 2 is 2.33 bits per heavy atom. The normalized spacial score (nSPS) is 30.8. The molecule has 0 bridgehead atoms. The van der Waals surface area contributed by atoms with Crippen LogP contribution < -0.4 is 5.73 Å². The summed E-state index contributed by atoms with van der Waals surface area (Å²) in [7, 11) is 1.67. The summed E-state index contributed by atoms with van der Waals surface area (Å²) in [6.45, 7) is 0. The van der Waals surface area contributed by atoms with Gasteiger partial charge in [-0.05, 0) is 18.8 Å². The van der Waals surface area contributed by atoms with Crippen molar-refractivity contribution in [3.05, 3.63) is 0 Å². The zero-order chi connectivity index (χ0) is 9.14. The Morgan fingerprint density at radius 3 is 2.75 bits per heavy atom. The van der Waals surface area contributed by atoms with Crippen molar-refractivity contribution in [2.45, 2.75) is 31.4 Å². The second kappa shape index (κ2) is 3.87. The van der Waals surface area contributed by atoms with Gasteiger partial charge in [0, 0.05) is 13.2 Å². The lowest BCUT2D eigenvalue weighted by molar-refractivity contribution is -0.138. The summed E-state index contributed by atoms with van der Waals surface area (Å²) in [6.07, 6.45) is 2.19. The first-order valence-electron chi connectivity index (χ1n) is 4.13. The zero-order valence-corrected chi connectivity index (χ0v) is 7.19. The molecule has 0 amide bonds. The molecule has 0 spiro atoms. The Hall–Kier alpha value is -0.610. The van der Waals surface area contributed by atoms with E-state index in [4.69, 9.17) is 15.6 Å². The first-order valence-corrected chi connectivity index (χ1v) is 4.13. The Morgan fingerprint density at radius 1 is 1.75 bits per heavy atom. The highest BCUT2D eigenvalue weighted by Crippen LogP contribution is 2.32. The molecule has 0 radical (unpaired) electrons. The van der Waals surface area contributed by atoms with Crippen LogP contribution in [0.4, 0.5) is 0 Å². The van der Waals surface area contributed by atoms with Gasteiger partial charge in [-0.1, -0.05) is 0 Å². The molecule has 0 saturated heterocycles. The Bertz CT molecular complexity index is 166. The van der Waals surface area contributed by atoms with Crippen molar-refractivity contribution < 1.29 is 14.6 Å². The van der Waals surface area contributed by atoms with Crippen molar-refractivity contribution in [3.63, 3.8) is 0 Å². The van der Waals surface area contributed by atoms with Gasteiger partial charge < -0.3 is 15.6 Å². The third-order valence-electron chi connectivity index (χ3n) is 2.48. The van der Waals surface area contributed by atoms with Gasteiger partial charge in [-0.2, -0.15) is 0 Å². The minimum absolute atomic E-state index is 0.0705. The van der Waals surface area contributed by atoms with Crippen LogP contribution in [0.15, 0.2) is 0 Å². The molecule has 1 atom stereocenters. The number of methoxy groups -OCH3 is 1. The van der Waals surface area contributed by atoms with Crippen LogP contribution in [0.5, 0.6) is 0 Å². The number of hydrogen-bond donors (Lipinski definition) is 2. The first kappa shape index (κ1) is 9.48. The summed E-state index contributed by atoms with van der Waals surface area (Å²) in [5.41, 5.74) is 5.66. The van der Waals surface area contributed by atoms with Crippen LogP contribution in [0.2, 0.25) is 0 Å². The Kier molecular flexibility index (Phi) is 3.05. The van der Waals surface area contributed by atoms with Crippen molar-refractivity contribution in [2.24, 2.45) is 11.7 Å². The quantitative estimate of drug-likeness (QED) is 0.637. The van der Waals surface area contributed by atoms with E-state index in [1.54, 1.807) is 7.11 Å². The highest BCUT2D eigenvalue weighted by atomic mass is 16.5. The van der Waals surface area contributed by atoms with E-state index in [-0.39, 0.29) is 12.5 Å². The number of aliphatic carboxylic acids is 1. The maximum Gasteiger partial charge on any atom is 0.304 e. The summed E-state index contributed by atoms with van der Waals surface area (Å²) < 4.78 is 5.07. The van der Waals surface area contributed by atoms with Gasteiger partial charge in [0.25, 0.3) is 0 Å². The van der Waals surface area contributed by atoms with E-state index in [1.807, 2.05) is 0 Å². The van der Waals surface area contributed by atoms with Gasteiger partial charge in [-0.15, -0.1) is 0 Å². The molecule has 4 nitrogen and oxygen atoms in total. The molecule has 0 heterocycles. The third-order valence-corrected chi connectivity index (χ3v) is 2.48. The van der Waals surface area contributed by atoms with Crippen molar-refractivity contribution in [2.75, 3.05) is 7.11 Å². The fraction of sp³-hybridized carbons (Fsp3) is 0.875. The van der Waals surface area contributed by atoms with E-state index in [1.165, 1.54) is 0 Å². The molecule has 0 aromatic carbocycles. The van der Waals surface area contributed by atoms with Crippen LogP contribution in [-0.4, -0.2) is 30.3 Å². The maximum absolute atomic E-state index is 10.3. The fourth-order valence-electron chi connectivity index (χ4n) is 1.52. The molecule has 0 aliphatic heterocycles. The van der Waals surface area contributed by atoms with Crippen LogP contribution in [0.1, 0.15) is 19.3 Å². The molecule has 1 aliphatic rings. The third kappa shape index (κ3) is 2.19. The number of carboxylic acid groups (broad SMARTS) is 1. The number of hydrogen-bond acceptors (Lipinski definition) is 3. The van der Waals surface area contributed by atoms with Crippen LogP contribution >= 0.6 is 0 Å². The van der Waals surface area contributed by atoms with E-state index < -0.39 is 5.97 Å². The second-order valence-electron chi connectivity index (χ2n) is 3.35. The van der Waals surface area contributed by atoms with Gasteiger partial charge >= 0.3 is 5.97 Å². The molecule has 4 heteroatoms. The predicted octanol–water partition coefficient (Wildman–Crippen LogP) is 0.213. The Balaban J connectivity index is 2.19. The molecular formula is C8H15NO3. The number of nitrogens with two attached hydrogens (primary N) is 1. The molecule has 12 heavy (non-hydrogen) atoms. The topological polar surface area (TPSA) is 72.5 Å². The Labute approximate surface area is 71.7 Å². The molecule has 0 aromatic rings. The molecule has 1 rings (SSSR count). The largest absolute Gasteiger partial charge is 0.481 e. The second-order valence-corrected chi connectivity index (χ2v) is 3.35. The number of carboxylic acids is 1. The maximum atomic E-state index is 10.3. The molecule has 1 fully saturated rings. The number of rotatable bonds is 4. The van der Waals surface area contributed by atoms with Gasteiger partial charge in [0.05, 0.1) is 12.5 Å². The van der Waals surface area contributed by atoms with Crippen molar-refractivity contribution >= 4 is 5.97 Å². The fourth-order valence-corrected chi connectivity index (χ4v) is 1.52. The molecular weight excluding hydrogens is 158 g/mol. The summed E-state index contributed by atoms with van der Waals surface area (Å²) in [4.78, 5) is 10.3. The van der Waals surface area contributed by atoms with Crippen molar-refractivity contribution in [3.8, 4) is 0 Å². The van der Waals surface area contributed by atoms with Crippen LogP contribution in [0, 0.1) is 5.92 Å². The van der Waals surface area contributed by atoms with Crippen molar-refractivity contribution in [1.82, 2.24) is 0 Å². The highest BCUT2D eigenvalue weighted by Gasteiger charge is 2.34. The number of ether oxygens (including phenoxy) is 1. The van der Waals surface area contributed by atoms with E-state index in [2.05, 4.69) is 0 Å². The zero-order valence-electron chi connectivity index (χ0n) is 7.19. The molecule has 0 unspecified atom stereocenters. The van der Waals surface area contributed by atoms with Crippen LogP contribution in [0.25, 0.3) is 0 Å². The molecule has 1 aliphatic carbocycles. The molecule has 3 N–H and O–H groups in total. The first-order chi connectivity index (χ1) is 5.63. The smallest absolute Gasteiger partial charge is 0.304 e. The van der Waals surface area contributed by atoms with Gasteiger partial charge in [0.2, 0.25) is 0 Å². The average Bonchev–Trinajstić information content (AvgIpc) is 1.82. The minimum Gasteiger partial charge on any atom is -0.481 e. The van der Waals surface area contributed by atoms with E-state index in [0.29, 0.717) is 12.0 Å².